The lowest BCUT2D eigenvalue weighted by atomic mass is 9.59. The number of hydrogen-bond acceptors (Lipinski definition) is 2. The molecule has 2 aliphatic carbocycles. The van der Waals surface area contributed by atoms with Gasteiger partial charge in [0.25, 0.3) is 0 Å². The third-order valence-electron chi connectivity index (χ3n) is 7.64. The van der Waals surface area contributed by atoms with E-state index in [4.69, 9.17) is 4.74 Å². The minimum atomic E-state index is 0.245. The van der Waals surface area contributed by atoms with Crippen molar-refractivity contribution < 1.29 is 4.74 Å². The van der Waals surface area contributed by atoms with E-state index in [0.29, 0.717) is 5.41 Å². The van der Waals surface area contributed by atoms with Gasteiger partial charge in [-0.05, 0) is 68.4 Å². The van der Waals surface area contributed by atoms with Gasteiger partial charge in [-0.15, -0.1) is 0 Å². The van der Waals surface area contributed by atoms with Crippen LogP contribution in [0.2, 0.25) is 0 Å². The van der Waals surface area contributed by atoms with E-state index in [1.165, 1.54) is 82.6 Å². The molecule has 2 nitrogen and oxygen atoms in total. The maximum absolute atomic E-state index is 6.43. The summed E-state index contributed by atoms with van der Waals surface area (Å²) in [5.74, 6) is 0.941. The van der Waals surface area contributed by atoms with Gasteiger partial charge in [0.15, 0.2) is 0 Å². The van der Waals surface area contributed by atoms with Gasteiger partial charge in [-0.1, -0.05) is 62.4 Å². The van der Waals surface area contributed by atoms with Gasteiger partial charge in [-0.25, -0.2) is 0 Å². The van der Waals surface area contributed by atoms with Crippen molar-refractivity contribution in [3.05, 3.63) is 35.9 Å². The highest BCUT2D eigenvalue weighted by Crippen LogP contribution is 2.55. The Hall–Kier alpha value is -0.860. The summed E-state index contributed by atoms with van der Waals surface area (Å²) in [6, 6.07) is 10.8. The second-order valence-electron chi connectivity index (χ2n) is 9.28. The summed E-state index contributed by atoms with van der Waals surface area (Å²) in [4.78, 5) is 0. The van der Waals surface area contributed by atoms with Crippen molar-refractivity contribution in [2.75, 3.05) is 13.2 Å². The fraction of sp³-hybridized carbons (Fsp3) is 0.750. The molecule has 3 aliphatic rings. The molecule has 1 heterocycles. The van der Waals surface area contributed by atoms with Crippen LogP contribution in [0.15, 0.2) is 30.3 Å². The van der Waals surface area contributed by atoms with Crippen LogP contribution in [-0.4, -0.2) is 18.8 Å². The molecular formula is C24H37NO. The smallest absolute Gasteiger partial charge is 0.0688 e. The van der Waals surface area contributed by atoms with E-state index in [1.807, 2.05) is 0 Å². The van der Waals surface area contributed by atoms with Crippen molar-refractivity contribution in [1.82, 2.24) is 5.32 Å². The zero-order valence-electron chi connectivity index (χ0n) is 16.5. The largest absolute Gasteiger partial charge is 0.375 e. The zero-order valence-corrected chi connectivity index (χ0v) is 16.5. The first-order valence-corrected chi connectivity index (χ1v) is 11.2. The molecule has 0 aromatic heterocycles. The molecule has 0 amide bonds. The molecule has 1 N–H and O–H groups in total. The Morgan fingerprint density at radius 3 is 2.46 bits per heavy atom. The molecule has 0 radical (unpaired) electrons. The van der Waals surface area contributed by atoms with E-state index in [9.17, 15) is 0 Å². The SMILES string of the molecule is c1ccc(CNCCC2(C3CCCCC3)CCOC3(CCCC3)C2)cc1. The van der Waals surface area contributed by atoms with E-state index >= 15 is 0 Å². The van der Waals surface area contributed by atoms with Crippen LogP contribution in [0.4, 0.5) is 0 Å². The Morgan fingerprint density at radius 2 is 1.69 bits per heavy atom. The van der Waals surface area contributed by atoms with E-state index in [-0.39, 0.29) is 5.60 Å². The van der Waals surface area contributed by atoms with E-state index in [0.717, 1.165) is 25.6 Å². The van der Waals surface area contributed by atoms with Crippen LogP contribution in [-0.2, 0) is 11.3 Å². The monoisotopic (exact) mass is 355 g/mol. The second-order valence-corrected chi connectivity index (χ2v) is 9.28. The summed E-state index contributed by atoms with van der Waals surface area (Å²) < 4.78 is 6.43. The first-order chi connectivity index (χ1) is 12.8. The van der Waals surface area contributed by atoms with Crippen LogP contribution >= 0.6 is 0 Å². The quantitative estimate of drug-likeness (QED) is 0.646. The number of rotatable bonds is 6. The third-order valence-corrected chi connectivity index (χ3v) is 7.64. The van der Waals surface area contributed by atoms with Crippen molar-refractivity contribution in [2.24, 2.45) is 11.3 Å². The molecule has 0 bridgehead atoms. The zero-order chi connectivity index (χ0) is 17.7. The second kappa shape index (κ2) is 8.44. The topological polar surface area (TPSA) is 21.3 Å². The summed E-state index contributed by atoms with van der Waals surface area (Å²) in [5.41, 5.74) is 2.18. The van der Waals surface area contributed by atoms with Crippen LogP contribution in [0.1, 0.15) is 82.6 Å². The highest BCUT2D eigenvalue weighted by atomic mass is 16.5. The van der Waals surface area contributed by atoms with Crippen LogP contribution in [0.5, 0.6) is 0 Å². The normalized spacial score (nSPS) is 29.2. The van der Waals surface area contributed by atoms with Crippen molar-refractivity contribution in [2.45, 2.75) is 89.2 Å². The average molecular weight is 356 g/mol. The van der Waals surface area contributed by atoms with Crippen LogP contribution in [0, 0.1) is 11.3 Å². The minimum Gasteiger partial charge on any atom is -0.375 e. The molecule has 4 rings (SSSR count). The lowest BCUT2D eigenvalue weighted by Crippen LogP contribution is -2.48. The first kappa shape index (κ1) is 18.5. The predicted molar refractivity (Wildman–Crippen MR) is 108 cm³/mol. The molecule has 26 heavy (non-hydrogen) atoms. The molecule has 3 fully saturated rings. The summed E-state index contributed by atoms with van der Waals surface area (Å²) in [6.07, 6.45) is 16.7. The summed E-state index contributed by atoms with van der Waals surface area (Å²) in [6.45, 7) is 3.17. The van der Waals surface area contributed by atoms with Crippen molar-refractivity contribution >= 4 is 0 Å². The fourth-order valence-electron chi connectivity index (χ4n) is 6.24. The third kappa shape index (κ3) is 4.17. The minimum absolute atomic E-state index is 0.245. The first-order valence-electron chi connectivity index (χ1n) is 11.2. The maximum atomic E-state index is 6.43. The van der Waals surface area contributed by atoms with Gasteiger partial charge in [-0.2, -0.15) is 0 Å². The highest BCUT2D eigenvalue weighted by molar-refractivity contribution is 5.14. The van der Waals surface area contributed by atoms with Gasteiger partial charge in [0.05, 0.1) is 5.60 Å². The molecule has 2 heteroatoms. The maximum Gasteiger partial charge on any atom is 0.0688 e. The van der Waals surface area contributed by atoms with Crippen LogP contribution < -0.4 is 5.32 Å². The van der Waals surface area contributed by atoms with Crippen LogP contribution in [0.3, 0.4) is 0 Å². The molecule has 1 spiro atoms. The Kier molecular flexibility index (Phi) is 6.00. The number of nitrogens with one attached hydrogen (secondary N) is 1. The summed E-state index contributed by atoms with van der Waals surface area (Å²) in [7, 11) is 0. The molecule has 1 atom stereocenters. The Bertz CT molecular complexity index is 545. The Morgan fingerprint density at radius 1 is 0.923 bits per heavy atom. The van der Waals surface area contributed by atoms with E-state index in [2.05, 4.69) is 35.6 Å². The fourth-order valence-corrected chi connectivity index (χ4v) is 6.24. The highest BCUT2D eigenvalue weighted by Gasteiger charge is 2.50. The molecule has 1 unspecified atom stereocenters. The molecule has 1 saturated heterocycles. The van der Waals surface area contributed by atoms with Crippen molar-refractivity contribution in [1.29, 1.82) is 0 Å². The summed E-state index contributed by atoms with van der Waals surface area (Å²) in [5, 5.41) is 3.75. The van der Waals surface area contributed by atoms with Gasteiger partial charge >= 0.3 is 0 Å². The van der Waals surface area contributed by atoms with E-state index < -0.39 is 0 Å². The molecule has 2 saturated carbocycles. The van der Waals surface area contributed by atoms with Gasteiger partial charge in [0, 0.05) is 13.2 Å². The number of benzene rings is 1. The molecule has 144 valence electrons. The average Bonchev–Trinajstić information content (AvgIpc) is 3.14. The Balaban J connectivity index is 1.40. The molecular weight excluding hydrogens is 318 g/mol. The molecule has 1 aromatic carbocycles. The number of ether oxygens (including phenoxy) is 1. The van der Waals surface area contributed by atoms with E-state index in [1.54, 1.807) is 0 Å². The molecule has 1 aliphatic heterocycles. The molecule has 1 aromatic rings. The van der Waals surface area contributed by atoms with Gasteiger partial charge in [0.1, 0.15) is 0 Å². The Labute approximate surface area is 160 Å². The van der Waals surface area contributed by atoms with Crippen molar-refractivity contribution in [3.63, 3.8) is 0 Å². The number of hydrogen-bond donors (Lipinski definition) is 1. The lowest BCUT2D eigenvalue weighted by Gasteiger charge is -2.52. The lowest BCUT2D eigenvalue weighted by molar-refractivity contribution is -0.144. The van der Waals surface area contributed by atoms with Gasteiger partial charge < -0.3 is 10.1 Å². The van der Waals surface area contributed by atoms with Crippen LogP contribution in [0.25, 0.3) is 0 Å². The standard InChI is InChI=1S/C24H37NO/c1-3-9-21(10-4-1)19-25-17-15-23(22-11-5-2-6-12-22)16-18-26-24(20-23)13-7-8-14-24/h1,3-4,9-10,22,25H,2,5-8,11-20H2. The van der Waals surface area contributed by atoms with Gasteiger partial charge in [-0.3, -0.25) is 0 Å². The summed E-state index contributed by atoms with van der Waals surface area (Å²) >= 11 is 0. The predicted octanol–water partition coefficient (Wildman–Crippen LogP) is 5.86. The van der Waals surface area contributed by atoms with Crippen molar-refractivity contribution in [3.8, 4) is 0 Å². The van der Waals surface area contributed by atoms with Gasteiger partial charge in [0.2, 0.25) is 0 Å².